The first-order valence-corrected chi connectivity index (χ1v) is 10.5. The molecule has 0 N–H and O–H groups in total. The normalized spacial score (nSPS) is 12.6. The molecule has 2 aromatic rings. The van der Waals surface area contributed by atoms with Crippen LogP contribution < -0.4 is 0 Å². The van der Waals surface area contributed by atoms with Crippen LogP contribution in [0, 0.1) is 0 Å². The van der Waals surface area contributed by atoms with E-state index in [-0.39, 0.29) is 4.90 Å². The maximum atomic E-state index is 11.6. The molecule has 7 heteroatoms. The van der Waals surface area contributed by atoms with E-state index < -0.39 is 9.84 Å². The van der Waals surface area contributed by atoms with Crippen molar-refractivity contribution >= 4 is 45.2 Å². The molecule has 0 spiro atoms. The third-order valence-corrected chi connectivity index (χ3v) is 5.39. The monoisotopic (exact) mass is 394 g/mol. The van der Waals surface area contributed by atoms with Gasteiger partial charge in [-0.05, 0) is 36.4 Å². The largest absolute Gasteiger partial charge is 0.369 e. The molecule has 0 saturated carbocycles. The van der Waals surface area contributed by atoms with E-state index >= 15 is 0 Å². The third-order valence-electron chi connectivity index (χ3n) is 3.13. The predicted octanol–water partition coefficient (Wildman–Crippen LogP) is 4.42. The molecule has 0 fully saturated rings. The lowest BCUT2D eigenvalue weighted by molar-refractivity contribution is 0.602. The standard InChI is InChI=1S/C18H19ClN2O2S2/c1-21(2)13-20-18(12-24-16-8-6-15(19)7-9-16)14-4-10-17(11-5-14)25(3,22)23/h4-13H,1-3H3/b18-12+,20-13?. The van der Waals surface area contributed by atoms with E-state index in [1.165, 1.54) is 18.0 Å². The number of benzene rings is 2. The Labute approximate surface area is 158 Å². The number of rotatable bonds is 6. The van der Waals surface area contributed by atoms with Crippen LogP contribution in [0.25, 0.3) is 5.70 Å². The van der Waals surface area contributed by atoms with Gasteiger partial charge in [0.05, 0.1) is 16.9 Å². The van der Waals surface area contributed by atoms with Crippen LogP contribution in [-0.2, 0) is 9.84 Å². The molecule has 0 radical (unpaired) electrons. The summed E-state index contributed by atoms with van der Waals surface area (Å²) >= 11 is 7.43. The molecule has 2 aromatic carbocycles. The van der Waals surface area contributed by atoms with Crippen molar-refractivity contribution in [1.82, 2.24) is 4.90 Å². The fourth-order valence-electron chi connectivity index (χ4n) is 1.86. The summed E-state index contributed by atoms with van der Waals surface area (Å²) in [5, 5.41) is 2.62. The second kappa shape index (κ2) is 8.56. The van der Waals surface area contributed by atoms with Crippen LogP contribution in [0.1, 0.15) is 5.56 Å². The van der Waals surface area contributed by atoms with E-state index in [2.05, 4.69) is 4.99 Å². The summed E-state index contributed by atoms with van der Waals surface area (Å²) in [4.78, 5) is 7.65. The molecule has 0 aromatic heterocycles. The smallest absolute Gasteiger partial charge is 0.175 e. The molecule has 2 rings (SSSR count). The van der Waals surface area contributed by atoms with Gasteiger partial charge in [0.2, 0.25) is 0 Å². The second-order valence-electron chi connectivity index (χ2n) is 5.58. The quantitative estimate of drug-likeness (QED) is 0.413. The van der Waals surface area contributed by atoms with Gasteiger partial charge in [0.1, 0.15) is 0 Å². The van der Waals surface area contributed by atoms with Crippen molar-refractivity contribution in [2.24, 2.45) is 4.99 Å². The van der Waals surface area contributed by atoms with E-state index in [1.54, 1.807) is 30.6 Å². The van der Waals surface area contributed by atoms with Crippen molar-refractivity contribution < 1.29 is 8.42 Å². The van der Waals surface area contributed by atoms with Crippen molar-refractivity contribution in [3.05, 3.63) is 64.5 Å². The number of nitrogens with zero attached hydrogens (tertiary/aromatic N) is 2. The number of aliphatic imine (C=N–C) groups is 1. The number of sulfone groups is 1. The SMILES string of the molecule is CN(C)C=N/C(=C/Sc1ccc(Cl)cc1)c1ccc(S(C)(=O)=O)cc1. The van der Waals surface area contributed by atoms with Crippen LogP contribution in [0.4, 0.5) is 0 Å². The van der Waals surface area contributed by atoms with Gasteiger partial charge in [-0.25, -0.2) is 13.4 Å². The maximum absolute atomic E-state index is 11.6. The molecule has 4 nitrogen and oxygen atoms in total. The van der Waals surface area contributed by atoms with E-state index in [4.69, 9.17) is 11.6 Å². The summed E-state index contributed by atoms with van der Waals surface area (Å²) in [5.41, 5.74) is 1.58. The summed E-state index contributed by atoms with van der Waals surface area (Å²) in [5.74, 6) is 0. The average molecular weight is 395 g/mol. The lowest BCUT2D eigenvalue weighted by atomic mass is 10.2. The first kappa shape index (κ1) is 19.6. The molecule has 0 aliphatic rings. The Morgan fingerprint density at radius 2 is 1.68 bits per heavy atom. The highest BCUT2D eigenvalue weighted by atomic mass is 35.5. The van der Waals surface area contributed by atoms with Crippen molar-refractivity contribution in [3.63, 3.8) is 0 Å². The highest BCUT2D eigenvalue weighted by Crippen LogP contribution is 2.27. The van der Waals surface area contributed by atoms with Crippen LogP contribution in [0.5, 0.6) is 0 Å². The Morgan fingerprint density at radius 3 is 2.20 bits per heavy atom. The summed E-state index contributed by atoms with van der Waals surface area (Å²) in [6, 6.07) is 14.2. The van der Waals surface area contributed by atoms with Crippen LogP contribution in [0.15, 0.2) is 68.7 Å². The Kier molecular flexibility index (Phi) is 6.70. The summed E-state index contributed by atoms with van der Waals surface area (Å²) in [7, 11) is 0.564. The number of hydrogen-bond donors (Lipinski definition) is 0. The lowest BCUT2D eigenvalue weighted by Gasteiger charge is -2.07. The van der Waals surface area contributed by atoms with Gasteiger partial charge in [-0.3, -0.25) is 0 Å². The molecular weight excluding hydrogens is 376 g/mol. The molecule has 0 saturated heterocycles. The third kappa shape index (κ3) is 6.23. The minimum absolute atomic E-state index is 0.289. The van der Waals surface area contributed by atoms with Gasteiger partial charge in [0.25, 0.3) is 0 Å². The first-order chi connectivity index (χ1) is 11.8. The van der Waals surface area contributed by atoms with Crippen LogP contribution in [0.2, 0.25) is 5.02 Å². The van der Waals surface area contributed by atoms with Crippen molar-refractivity contribution in [1.29, 1.82) is 0 Å². The minimum atomic E-state index is -3.21. The van der Waals surface area contributed by atoms with Gasteiger partial charge in [-0.1, -0.05) is 35.5 Å². The molecule has 0 bridgehead atoms. The van der Waals surface area contributed by atoms with E-state index in [9.17, 15) is 8.42 Å². The topological polar surface area (TPSA) is 49.7 Å². The fraction of sp³-hybridized carbons (Fsp3) is 0.167. The molecule has 0 unspecified atom stereocenters. The van der Waals surface area contributed by atoms with E-state index in [0.717, 1.165) is 16.2 Å². The fourth-order valence-corrected chi connectivity index (χ4v) is 3.35. The number of thioether (sulfide) groups is 1. The van der Waals surface area contributed by atoms with E-state index in [1.807, 2.05) is 48.7 Å². The molecular formula is C18H19ClN2O2S2. The number of hydrogen-bond acceptors (Lipinski definition) is 4. The zero-order valence-electron chi connectivity index (χ0n) is 14.2. The average Bonchev–Trinajstić information content (AvgIpc) is 2.55. The Morgan fingerprint density at radius 1 is 1.08 bits per heavy atom. The van der Waals surface area contributed by atoms with Crippen molar-refractivity contribution in [3.8, 4) is 0 Å². The van der Waals surface area contributed by atoms with E-state index in [0.29, 0.717) is 5.02 Å². The summed E-state index contributed by atoms with van der Waals surface area (Å²) in [6.07, 6.45) is 2.90. The minimum Gasteiger partial charge on any atom is -0.369 e. The van der Waals surface area contributed by atoms with Crippen molar-refractivity contribution in [2.75, 3.05) is 20.4 Å². The highest BCUT2D eigenvalue weighted by Gasteiger charge is 2.08. The molecule has 0 heterocycles. The van der Waals surface area contributed by atoms with Gasteiger partial charge < -0.3 is 4.90 Å². The first-order valence-electron chi connectivity index (χ1n) is 7.39. The van der Waals surface area contributed by atoms with Crippen LogP contribution in [-0.4, -0.2) is 40.0 Å². The van der Waals surface area contributed by atoms with Crippen LogP contribution in [0.3, 0.4) is 0 Å². The highest BCUT2D eigenvalue weighted by molar-refractivity contribution is 8.02. The Hall–Kier alpha value is -1.76. The summed E-state index contributed by atoms with van der Waals surface area (Å²) < 4.78 is 23.2. The van der Waals surface area contributed by atoms with Crippen molar-refractivity contribution in [2.45, 2.75) is 9.79 Å². The second-order valence-corrected chi connectivity index (χ2v) is 8.97. The summed E-state index contributed by atoms with van der Waals surface area (Å²) in [6.45, 7) is 0. The van der Waals surface area contributed by atoms with Gasteiger partial charge in [-0.2, -0.15) is 0 Å². The molecule has 0 amide bonds. The maximum Gasteiger partial charge on any atom is 0.175 e. The molecule has 0 atom stereocenters. The van der Waals surface area contributed by atoms with Gasteiger partial charge in [0, 0.05) is 41.2 Å². The van der Waals surface area contributed by atoms with Gasteiger partial charge in [-0.15, -0.1) is 0 Å². The van der Waals surface area contributed by atoms with Gasteiger partial charge >= 0.3 is 0 Å². The predicted molar refractivity (Wildman–Crippen MR) is 107 cm³/mol. The Bertz CT molecular complexity index is 872. The van der Waals surface area contributed by atoms with Gasteiger partial charge in [0.15, 0.2) is 9.84 Å². The molecule has 132 valence electrons. The molecule has 25 heavy (non-hydrogen) atoms. The molecule has 0 aliphatic heterocycles. The number of halogens is 1. The zero-order chi connectivity index (χ0) is 18.4. The lowest BCUT2D eigenvalue weighted by Crippen LogP contribution is -2.07. The van der Waals surface area contributed by atoms with Crippen LogP contribution >= 0.6 is 23.4 Å². The zero-order valence-corrected chi connectivity index (χ0v) is 16.6. The molecule has 0 aliphatic carbocycles. The Balaban J connectivity index is 2.31.